The Morgan fingerprint density at radius 1 is 0.438 bits per heavy atom. The summed E-state index contributed by atoms with van der Waals surface area (Å²) in [7, 11) is 3.92. The molecule has 1 amide bonds. The number of halogens is 5. The smallest absolute Gasteiger partial charge is 0.262 e. The molecule has 0 saturated heterocycles. The number of allylic oxidation sites excluding steroid dienone is 1. The average Bonchev–Trinajstić information content (AvgIpc) is 1.70. The summed E-state index contributed by atoms with van der Waals surface area (Å²) in [6, 6.07) is 32.0. The zero-order valence-corrected chi connectivity index (χ0v) is 82.2. The van der Waals surface area contributed by atoms with E-state index >= 15 is 0 Å². The van der Waals surface area contributed by atoms with Gasteiger partial charge in [0, 0.05) is 161 Å². The van der Waals surface area contributed by atoms with E-state index in [4.69, 9.17) is 80.8 Å². The summed E-state index contributed by atoms with van der Waals surface area (Å²) in [6.07, 6.45) is 11.7. The van der Waals surface area contributed by atoms with Crippen LogP contribution in [0.15, 0.2) is 161 Å². The summed E-state index contributed by atoms with van der Waals surface area (Å²) >= 11 is 28.1. The van der Waals surface area contributed by atoms with E-state index in [1.807, 2.05) is 124 Å². The Kier molecular flexibility index (Phi) is 32.1. The van der Waals surface area contributed by atoms with Gasteiger partial charge in [-0.2, -0.15) is 30.6 Å². The van der Waals surface area contributed by atoms with Crippen LogP contribution in [0, 0.1) is 41.5 Å². The van der Waals surface area contributed by atoms with Crippen LogP contribution in [-0.4, -0.2) is 164 Å². The molecular formula is C98H110BrCl4N27O7. The molecular weight excluding hydrogens is 1890 g/mol. The van der Waals surface area contributed by atoms with Crippen LogP contribution in [0.3, 0.4) is 0 Å². The molecule has 13 heterocycles. The fourth-order valence-electron chi connectivity index (χ4n) is 17.5. The quantitative estimate of drug-likeness (QED) is 0.0187. The largest absolute Gasteiger partial charge is 0.397 e. The lowest BCUT2D eigenvalue weighted by atomic mass is 10.0. The van der Waals surface area contributed by atoms with Crippen LogP contribution >= 0.6 is 62.3 Å². The van der Waals surface area contributed by atoms with E-state index in [9.17, 15) is 33.6 Å². The van der Waals surface area contributed by atoms with Gasteiger partial charge in [0.15, 0.2) is 0 Å². The van der Waals surface area contributed by atoms with Crippen LogP contribution in [-0.2, 0) is 58.5 Å². The highest BCUT2D eigenvalue weighted by Gasteiger charge is 2.25. The van der Waals surface area contributed by atoms with Gasteiger partial charge in [-0.15, -0.1) is 6.58 Å². The lowest BCUT2D eigenvalue weighted by Crippen LogP contribution is -2.31. The topological polar surface area (TPSA) is 505 Å². The fourth-order valence-corrected chi connectivity index (χ4v) is 19.1. The first-order valence-corrected chi connectivity index (χ1v) is 47.4. The molecule has 0 aliphatic rings. The maximum absolute atomic E-state index is 13.0. The number of amides is 1. The number of nitrogens with one attached hydrogen (secondary N) is 7. The summed E-state index contributed by atoms with van der Waals surface area (Å²) < 4.78 is 11.2. The Hall–Kier alpha value is -13.0. The number of hydrogen-bond acceptors (Lipinski definition) is 21. The second-order valence-corrected chi connectivity index (χ2v) is 36.4. The second-order valence-electron chi connectivity index (χ2n) is 33.8. The number of aromatic amines is 6. The van der Waals surface area contributed by atoms with Crippen molar-refractivity contribution < 1.29 is 4.79 Å². The molecule has 0 spiro atoms. The molecule has 0 fully saturated rings. The van der Waals surface area contributed by atoms with Crippen molar-refractivity contribution in [3.63, 3.8) is 0 Å². The van der Waals surface area contributed by atoms with Gasteiger partial charge < -0.3 is 72.0 Å². The number of H-pyrrole nitrogens is 6. The summed E-state index contributed by atoms with van der Waals surface area (Å²) in [4.78, 5) is 95.5. The molecule has 0 radical (unpaired) electrons. The maximum Gasteiger partial charge on any atom is 0.262 e. The number of pyridine rings is 7. The predicted molar refractivity (Wildman–Crippen MR) is 558 cm³/mol. The van der Waals surface area contributed by atoms with Crippen molar-refractivity contribution in [1.29, 1.82) is 0 Å². The molecule has 19 aromatic rings. The molecule has 0 atom stereocenters. The van der Waals surface area contributed by atoms with E-state index in [-0.39, 0.29) is 39.3 Å². The second kappa shape index (κ2) is 44.0. The molecule has 19 N–H and O–H groups in total. The van der Waals surface area contributed by atoms with Gasteiger partial charge in [-0.05, 0) is 263 Å². The number of aromatic nitrogens is 19. The number of hydrogen-bond donors (Lipinski definition) is 13. The zero-order chi connectivity index (χ0) is 98.1. The Bertz CT molecular complexity index is 8050. The van der Waals surface area contributed by atoms with E-state index in [1.165, 1.54) is 11.1 Å². The van der Waals surface area contributed by atoms with Crippen molar-refractivity contribution in [2.75, 3.05) is 65.6 Å². The molecule has 19 rings (SSSR count). The van der Waals surface area contributed by atoms with Crippen LogP contribution in [0.1, 0.15) is 100 Å². The minimum atomic E-state index is -0.140. The number of fused-ring (bicyclic) bond motifs is 18. The number of nitrogen functional groups attached to an aromatic ring is 1. The normalized spacial score (nSPS) is 11.5. The first-order valence-electron chi connectivity index (χ1n) is 45.1. The van der Waals surface area contributed by atoms with Gasteiger partial charge in [0.2, 0.25) is 0 Å². The number of carbonyl (C=O) groups is 1. The molecule has 6 aromatic carbocycles. The minimum absolute atomic E-state index is 0.000287. The Balaban J connectivity index is 0.000000132. The van der Waals surface area contributed by atoms with Gasteiger partial charge in [-0.3, -0.25) is 69.1 Å². The number of benzene rings is 6. The van der Waals surface area contributed by atoms with Gasteiger partial charge in [0.1, 0.15) is 33.1 Å². The molecule has 0 saturated carbocycles. The van der Waals surface area contributed by atoms with E-state index in [0.29, 0.717) is 188 Å². The molecule has 714 valence electrons. The van der Waals surface area contributed by atoms with Crippen LogP contribution in [0.5, 0.6) is 0 Å². The third-order valence-electron chi connectivity index (χ3n) is 24.1. The van der Waals surface area contributed by atoms with E-state index < -0.39 is 0 Å². The highest BCUT2D eigenvalue weighted by molar-refractivity contribution is 9.10. The highest BCUT2D eigenvalue weighted by atomic mass is 79.9. The fraction of sp³-hybridized carbons (Fsp3) is 0.306. The average molecular weight is 2000 g/mol. The van der Waals surface area contributed by atoms with E-state index in [2.05, 4.69) is 119 Å². The van der Waals surface area contributed by atoms with Crippen molar-refractivity contribution in [2.24, 2.45) is 28.7 Å². The van der Waals surface area contributed by atoms with Crippen molar-refractivity contribution in [3.8, 4) is 0 Å². The van der Waals surface area contributed by atoms with Gasteiger partial charge in [-0.1, -0.05) is 71.5 Å². The molecule has 39 heteroatoms. The van der Waals surface area contributed by atoms with E-state index in [0.717, 1.165) is 155 Å². The summed E-state index contributed by atoms with van der Waals surface area (Å²) in [6.45, 7) is 24.1. The lowest BCUT2D eigenvalue weighted by Gasteiger charge is -2.14. The third kappa shape index (κ3) is 20.5. The predicted octanol–water partition coefficient (Wildman–Crippen LogP) is 14.0. The minimum Gasteiger partial charge on any atom is -0.397 e. The number of nitrogens with zero attached hydrogens (tertiary/aromatic N) is 14. The Morgan fingerprint density at radius 3 is 1.25 bits per heavy atom. The third-order valence-corrected chi connectivity index (χ3v) is 25.6. The number of carbonyl (C=O) groups excluding carboxylic acids is 1. The summed E-state index contributed by atoms with van der Waals surface area (Å²) in [5, 5.41) is 57.3. The molecule has 0 aliphatic carbocycles. The molecule has 0 aliphatic heterocycles. The van der Waals surface area contributed by atoms with E-state index in [1.54, 1.807) is 66.9 Å². The number of rotatable bonds is 25. The van der Waals surface area contributed by atoms with Crippen molar-refractivity contribution in [1.82, 2.24) is 104 Å². The zero-order valence-electron chi connectivity index (χ0n) is 77.6. The molecule has 13 aromatic heterocycles. The standard InChI is InChI=1S/C21H23N5O.C19H26N6O2.C16H19ClN4O.C14H14BrClN4O.C14H16ClN5O.C14H12ClN3O/c1-14-19-20(25-24-14)17-12-15(5-6-16-4-2-10-23-13-16)7-8-18(17)26(21(19)27)11-3-9-22;1-12-16-17(23-22-12)14-11-13(18(26)21-8-10-24(2)3)5-6-15(14)25(19(16)27)9-4-7-20;1-3-10-7-11(17)8-12-14-13(9(2)19-20-14)16(22)21(15(10)12)6-4-5-18;1-7-11-12(19-18-7)9-5-8(16)6-10(15)13(9)20(14(11)21)4-2-3-17;1-7-11-12(19-18-7)9-5-8(15)6-10(17)13(9)20(14(11)21)4-2-3-16;1-3-6-18-11-5-4-9(15)7-10(11)13-12(14(18)19)8(2)16-17-13/h2,4,7-8,10,12-13H,3,5-6,9,11,22H2,1H3,(H,24,25);5-6,11H,4,7-10,20H2,1-3H3,(H,21,26)(H,22,23);7-8H,3-6,18H2,1-2H3,(H,19,20);5-6H,2-4,17H2,1H3,(H,18,19);5-6H,2-4,16-17H2,1H3,(H,18,19);3-5,7H,1,6H2,2H3,(H,16,17). The van der Waals surface area contributed by atoms with Crippen molar-refractivity contribution in [3.05, 3.63) is 271 Å². The number of likely N-dealkylation sites (N-methyl/N-ethyl adjacent to an activating group) is 1. The van der Waals surface area contributed by atoms with Gasteiger partial charge in [-0.25, -0.2) is 0 Å². The number of nitrogens with two attached hydrogens (primary N) is 6. The maximum atomic E-state index is 13.0. The summed E-state index contributed by atoms with van der Waals surface area (Å²) in [5.74, 6) is -0.140. The molecule has 137 heavy (non-hydrogen) atoms. The van der Waals surface area contributed by atoms with Crippen LogP contribution < -0.4 is 73.1 Å². The molecule has 0 bridgehead atoms. The van der Waals surface area contributed by atoms with Gasteiger partial charge in [0.25, 0.3) is 39.3 Å². The molecule has 0 unspecified atom stereocenters. The Labute approximate surface area is 812 Å². The van der Waals surface area contributed by atoms with Crippen LogP contribution in [0.25, 0.3) is 131 Å². The van der Waals surface area contributed by atoms with Crippen molar-refractivity contribution in [2.45, 2.75) is 139 Å². The first kappa shape index (κ1) is 99.9. The van der Waals surface area contributed by atoms with Crippen molar-refractivity contribution >= 4 is 205 Å². The lowest BCUT2D eigenvalue weighted by molar-refractivity contribution is 0.0951. The number of aryl methyl sites for hydroxylation is 14. The highest BCUT2D eigenvalue weighted by Crippen LogP contribution is 2.36. The number of anilines is 1. The summed E-state index contributed by atoms with van der Waals surface area (Å²) in [5.41, 5.74) is 51.8. The molecule has 34 nitrogen and oxygen atoms in total. The monoisotopic (exact) mass is 2000 g/mol. The SMILES string of the molecule is C=CCn1c(=O)c2c(C)[nH]nc2c2cc(Cl)ccc21.CCc1cc(Cl)cc2c3n[nH]c(C)c3c(=O)n(CCCN)c12.Cc1[nH]nc2c1c(=O)n(CCCN)c1c(Br)cc(Cl)cc21.Cc1[nH]nc2c1c(=O)n(CCCN)c1c(N)cc(Cl)cc21.Cc1[nH]nc2c1c(=O)n(CCCN)c1ccc(C(=O)NCCN(C)C)cc21.Cc1[nH]nc2c1c(=O)n(CCCN)c1ccc(CCc3cccnc3)cc21. The van der Waals surface area contributed by atoms with Gasteiger partial charge in [0.05, 0.1) is 71.1 Å². The van der Waals surface area contributed by atoms with Crippen LogP contribution in [0.4, 0.5) is 5.69 Å². The van der Waals surface area contributed by atoms with Gasteiger partial charge >= 0.3 is 0 Å². The Morgan fingerprint density at radius 2 is 0.803 bits per heavy atom. The van der Waals surface area contributed by atoms with Crippen LogP contribution in [0.2, 0.25) is 20.1 Å². The first-order chi connectivity index (χ1) is 65.9.